The maximum Gasteiger partial charge on any atom is 0.347 e. The summed E-state index contributed by atoms with van der Waals surface area (Å²) in [6.07, 6.45) is 2.42. The summed E-state index contributed by atoms with van der Waals surface area (Å²) in [6, 6.07) is 2.21. The lowest BCUT2D eigenvalue weighted by Crippen LogP contribution is -2.35. The number of carbonyl (C=O) groups is 1. The molecule has 0 aliphatic heterocycles. The molecule has 0 fully saturated rings. The quantitative estimate of drug-likeness (QED) is 0.632. The summed E-state index contributed by atoms with van der Waals surface area (Å²) < 4.78 is 15.3. The van der Waals surface area contributed by atoms with Gasteiger partial charge in [-0.1, -0.05) is 13.8 Å². The van der Waals surface area contributed by atoms with Gasteiger partial charge in [0.2, 0.25) is 0 Å². The molecule has 0 bridgehead atoms. The second-order valence-electron chi connectivity index (χ2n) is 5.77. The number of pyridine rings is 1. The van der Waals surface area contributed by atoms with Gasteiger partial charge in [0.05, 0.1) is 6.20 Å². The molecule has 3 aromatic heterocycles. The summed E-state index contributed by atoms with van der Waals surface area (Å²) in [5.74, 6) is -2.23. The SMILES string of the molecule is CC(C)[C@H](Nc1nc(-c2ccc3n[nH]c(=O)n3c2)ncc1F)C(=O)O. The highest BCUT2D eigenvalue weighted by Gasteiger charge is 2.23. The van der Waals surface area contributed by atoms with Crippen molar-refractivity contribution in [2.24, 2.45) is 5.92 Å². The van der Waals surface area contributed by atoms with Crippen LogP contribution in [0.2, 0.25) is 0 Å². The molecule has 9 nitrogen and oxygen atoms in total. The summed E-state index contributed by atoms with van der Waals surface area (Å²) in [5, 5.41) is 17.9. The van der Waals surface area contributed by atoms with E-state index < -0.39 is 23.5 Å². The number of carboxylic acids is 1. The van der Waals surface area contributed by atoms with E-state index in [0.717, 1.165) is 6.20 Å². The first-order valence-corrected chi connectivity index (χ1v) is 7.46. The molecule has 3 rings (SSSR count). The van der Waals surface area contributed by atoms with Crippen LogP contribution in [-0.2, 0) is 4.79 Å². The van der Waals surface area contributed by atoms with Gasteiger partial charge in [-0.3, -0.25) is 0 Å². The van der Waals surface area contributed by atoms with Gasteiger partial charge in [-0.25, -0.2) is 33.4 Å². The molecular weight excluding hydrogens is 331 g/mol. The van der Waals surface area contributed by atoms with Crippen LogP contribution in [0.3, 0.4) is 0 Å². The van der Waals surface area contributed by atoms with Gasteiger partial charge in [0.15, 0.2) is 23.1 Å². The Bertz CT molecular complexity index is 996. The second-order valence-corrected chi connectivity index (χ2v) is 5.77. The van der Waals surface area contributed by atoms with Crippen molar-refractivity contribution in [1.29, 1.82) is 0 Å². The van der Waals surface area contributed by atoms with Gasteiger partial charge in [0.1, 0.15) is 6.04 Å². The number of carboxylic acid groups (broad SMARTS) is 1. The Hall–Kier alpha value is -3.30. The normalized spacial score (nSPS) is 12.5. The van der Waals surface area contributed by atoms with Crippen molar-refractivity contribution < 1.29 is 14.3 Å². The second kappa shape index (κ2) is 6.30. The van der Waals surface area contributed by atoms with E-state index in [1.165, 1.54) is 10.6 Å². The summed E-state index contributed by atoms with van der Waals surface area (Å²) in [4.78, 5) is 30.9. The predicted molar refractivity (Wildman–Crippen MR) is 86.7 cm³/mol. The van der Waals surface area contributed by atoms with Crippen molar-refractivity contribution in [1.82, 2.24) is 24.6 Å². The summed E-state index contributed by atoms with van der Waals surface area (Å²) >= 11 is 0. The fourth-order valence-electron chi connectivity index (χ4n) is 2.31. The lowest BCUT2D eigenvalue weighted by atomic mass is 10.1. The van der Waals surface area contributed by atoms with Gasteiger partial charge in [0, 0.05) is 11.8 Å². The van der Waals surface area contributed by atoms with Gasteiger partial charge in [-0.05, 0) is 18.1 Å². The molecule has 3 aromatic rings. The molecule has 0 amide bonds. The number of H-pyrrole nitrogens is 1. The molecule has 0 spiro atoms. The van der Waals surface area contributed by atoms with Crippen molar-refractivity contribution in [3.63, 3.8) is 0 Å². The minimum atomic E-state index is -1.11. The van der Waals surface area contributed by atoms with Gasteiger partial charge >= 0.3 is 11.7 Å². The van der Waals surface area contributed by atoms with Crippen molar-refractivity contribution in [2.45, 2.75) is 19.9 Å². The highest BCUT2D eigenvalue weighted by molar-refractivity contribution is 5.77. The molecule has 0 aliphatic carbocycles. The number of aromatic nitrogens is 5. The number of aliphatic carboxylic acids is 1. The Morgan fingerprint density at radius 3 is 2.84 bits per heavy atom. The fraction of sp³-hybridized carbons (Fsp3) is 0.267. The van der Waals surface area contributed by atoms with E-state index in [-0.39, 0.29) is 17.6 Å². The molecule has 25 heavy (non-hydrogen) atoms. The average Bonchev–Trinajstić information content (AvgIpc) is 2.94. The number of hydrogen-bond acceptors (Lipinski definition) is 6. The monoisotopic (exact) mass is 346 g/mol. The number of anilines is 1. The molecular formula is C15H15FN6O3. The van der Waals surface area contributed by atoms with E-state index >= 15 is 0 Å². The van der Waals surface area contributed by atoms with Crippen LogP contribution in [0.1, 0.15) is 13.8 Å². The van der Waals surface area contributed by atoms with Crippen molar-refractivity contribution in [2.75, 3.05) is 5.32 Å². The highest BCUT2D eigenvalue weighted by Crippen LogP contribution is 2.20. The third-order valence-corrected chi connectivity index (χ3v) is 3.64. The van der Waals surface area contributed by atoms with Crippen LogP contribution in [-0.4, -0.2) is 41.7 Å². The van der Waals surface area contributed by atoms with E-state index in [2.05, 4.69) is 25.5 Å². The zero-order valence-corrected chi connectivity index (χ0v) is 13.4. The Morgan fingerprint density at radius 2 is 2.16 bits per heavy atom. The number of rotatable bonds is 5. The number of halogens is 1. The molecule has 0 unspecified atom stereocenters. The van der Waals surface area contributed by atoms with Crippen LogP contribution in [0.5, 0.6) is 0 Å². The molecule has 0 aliphatic rings. The third-order valence-electron chi connectivity index (χ3n) is 3.64. The first-order chi connectivity index (χ1) is 11.9. The molecule has 0 saturated heterocycles. The van der Waals surface area contributed by atoms with Crippen molar-refractivity contribution >= 4 is 17.4 Å². The van der Waals surface area contributed by atoms with Crippen LogP contribution in [0.4, 0.5) is 10.2 Å². The molecule has 3 heterocycles. The highest BCUT2D eigenvalue weighted by atomic mass is 19.1. The molecule has 3 N–H and O–H groups in total. The van der Waals surface area contributed by atoms with Crippen LogP contribution in [0, 0.1) is 11.7 Å². The van der Waals surface area contributed by atoms with E-state index in [0.29, 0.717) is 11.2 Å². The van der Waals surface area contributed by atoms with Crippen molar-refractivity contribution in [3.8, 4) is 11.4 Å². The maximum atomic E-state index is 14.0. The standard InChI is InChI=1S/C15H15FN6O3/c1-7(2)11(14(23)24)18-13-9(16)5-17-12(19-13)8-3-4-10-20-21-15(25)22(10)6-8/h3-7,11H,1-2H3,(H,21,25)(H,23,24)(H,17,18,19)/t11-/m0/s1. The summed E-state index contributed by atoms with van der Waals surface area (Å²) in [5.41, 5.74) is 0.443. The summed E-state index contributed by atoms with van der Waals surface area (Å²) in [7, 11) is 0. The average molecular weight is 346 g/mol. The number of hydrogen-bond donors (Lipinski definition) is 3. The summed E-state index contributed by atoms with van der Waals surface area (Å²) in [6.45, 7) is 3.40. The molecule has 1 atom stereocenters. The number of nitrogens with zero attached hydrogens (tertiary/aromatic N) is 4. The van der Waals surface area contributed by atoms with E-state index in [1.807, 2.05) is 0 Å². The Kier molecular flexibility index (Phi) is 4.17. The zero-order valence-electron chi connectivity index (χ0n) is 13.4. The molecule has 0 aromatic carbocycles. The van der Waals surface area contributed by atoms with Gasteiger partial charge < -0.3 is 10.4 Å². The van der Waals surface area contributed by atoms with Gasteiger partial charge in [-0.15, -0.1) is 0 Å². The molecule has 0 saturated carbocycles. The lowest BCUT2D eigenvalue weighted by molar-refractivity contribution is -0.138. The molecule has 130 valence electrons. The van der Waals surface area contributed by atoms with Crippen molar-refractivity contribution in [3.05, 3.63) is 40.8 Å². The van der Waals surface area contributed by atoms with Gasteiger partial charge in [-0.2, -0.15) is 5.10 Å². The lowest BCUT2D eigenvalue weighted by Gasteiger charge is -2.19. The minimum Gasteiger partial charge on any atom is -0.480 e. The number of fused-ring (bicyclic) bond motifs is 1. The van der Waals surface area contributed by atoms with Crippen LogP contribution in [0.25, 0.3) is 17.0 Å². The Balaban J connectivity index is 2.01. The predicted octanol–water partition coefficient (Wildman–Crippen LogP) is 1.14. The minimum absolute atomic E-state index is 0.145. The maximum absolute atomic E-state index is 14.0. The smallest absolute Gasteiger partial charge is 0.347 e. The van der Waals surface area contributed by atoms with E-state index in [1.54, 1.807) is 26.0 Å². The first-order valence-electron chi connectivity index (χ1n) is 7.46. The van der Waals surface area contributed by atoms with Gasteiger partial charge in [0.25, 0.3) is 0 Å². The number of aromatic amines is 1. The first kappa shape index (κ1) is 16.6. The third kappa shape index (κ3) is 3.18. The van der Waals surface area contributed by atoms with E-state index in [4.69, 9.17) is 0 Å². The Morgan fingerprint density at radius 1 is 1.40 bits per heavy atom. The Labute approximate surface area is 140 Å². The van der Waals surface area contributed by atoms with Crippen LogP contribution >= 0.6 is 0 Å². The van der Waals surface area contributed by atoms with Crippen LogP contribution in [0.15, 0.2) is 29.3 Å². The molecule has 10 heteroatoms. The topological polar surface area (TPSA) is 125 Å². The fourth-order valence-corrected chi connectivity index (χ4v) is 2.31. The largest absolute Gasteiger partial charge is 0.480 e. The van der Waals surface area contributed by atoms with Crippen LogP contribution < -0.4 is 11.0 Å². The zero-order chi connectivity index (χ0) is 18.1. The molecule has 0 radical (unpaired) electrons. The van der Waals surface area contributed by atoms with E-state index in [9.17, 15) is 19.1 Å². The number of nitrogens with one attached hydrogen (secondary N) is 2.